The van der Waals surface area contributed by atoms with Gasteiger partial charge in [0.1, 0.15) is 11.6 Å². The lowest BCUT2D eigenvalue weighted by atomic mass is 9.99. The Morgan fingerprint density at radius 1 is 1.00 bits per heavy atom. The van der Waals surface area contributed by atoms with Crippen molar-refractivity contribution in [3.05, 3.63) is 58.6 Å². The Morgan fingerprint density at radius 2 is 1.71 bits per heavy atom. The minimum absolute atomic E-state index is 0.148. The van der Waals surface area contributed by atoms with E-state index in [0.29, 0.717) is 21.7 Å². The van der Waals surface area contributed by atoms with Crippen LogP contribution in [-0.2, 0) is 6.54 Å². The van der Waals surface area contributed by atoms with Gasteiger partial charge in [-0.1, -0.05) is 17.7 Å². The Labute approximate surface area is 103 Å². The lowest BCUT2D eigenvalue weighted by Crippen LogP contribution is -2.00. The van der Waals surface area contributed by atoms with E-state index in [-0.39, 0.29) is 12.4 Å². The second-order valence-electron chi connectivity index (χ2n) is 3.63. The van der Waals surface area contributed by atoms with Gasteiger partial charge in [-0.15, -0.1) is 0 Å². The molecule has 0 fully saturated rings. The van der Waals surface area contributed by atoms with Crippen LogP contribution in [0, 0.1) is 11.6 Å². The molecule has 88 valence electrons. The monoisotopic (exact) mass is 253 g/mol. The molecule has 2 aromatic carbocycles. The first kappa shape index (κ1) is 12.0. The molecule has 2 N–H and O–H groups in total. The van der Waals surface area contributed by atoms with E-state index in [1.165, 1.54) is 24.3 Å². The molecule has 0 aromatic heterocycles. The molecule has 0 aliphatic carbocycles. The molecule has 0 bridgehead atoms. The Hall–Kier alpha value is -1.45. The second kappa shape index (κ2) is 4.82. The zero-order valence-corrected chi connectivity index (χ0v) is 9.64. The lowest BCUT2D eigenvalue weighted by Gasteiger charge is -2.09. The van der Waals surface area contributed by atoms with Crippen molar-refractivity contribution in [2.45, 2.75) is 6.54 Å². The molecule has 0 saturated heterocycles. The van der Waals surface area contributed by atoms with Crippen LogP contribution in [0.4, 0.5) is 8.78 Å². The van der Waals surface area contributed by atoms with Gasteiger partial charge in [0, 0.05) is 17.1 Å². The van der Waals surface area contributed by atoms with Crippen LogP contribution in [0.25, 0.3) is 11.1 Å². The summed E-state index contributed by atoms with van der Waals surface area (Å²) in [7, 11) is 0. The van der Waals surface area contributed by atoms with Crippen molar-refractivity contribution < 1.29 is 8.78 Å². The molecule has 0 aliphatic heterocycles. The first-order valence-corrected chi connectivity index (χ1v) is 5.43. The standard InChI is InChI=1S/C13H10ClF2N/c14-9-1-3-12(13(16)6-9)11-4-2-10(15)5-8(11)7-17/h1-6H,7,17H2. The van der Waals surface area contributed by atoms with Gasteiger partial charge >= 0.3 is 0 Å². The van der Waals surface area contributed by atoms with Gasteiger partial charge < -0.3 is 5.73 Å². The quantitative estimate of drug-likeness (QED) is 0.867. The molecule has 0 saturated carbocycles. The van der Waals surface area contributed by atoms with Crippen molar-refractivity contribution in [3.63, 3.8) is 0 Å². The third-order valence-electron chi connectivity index (χ3n) is 2.51. The summed E-state index contributed by atoms with van der Waals surface area (Å²) in [5.74, 6) is -0.831. The van der Waals surface area contributed by atoms with Crippen molar-refractivity contribution in [1.82, 2.24) is 0 Å². The summed E-state index contributed by atoms with van der Waals surface area (Å²) in [6, 6.07) is 8.48. The SMILES string of the molecule is NCc1cc(F)ccc1-c1ccc(Cl)cc1F. The third-order valence-corrected chi connectivity index (χ3v) is 2.74. The Kier molecular flexibility index (Phi) is 3.41. The Bertz CT molecular complexity index is 555. The van der Waals surface area contributed by atoms with Gasteiger partial charge in [0.2, 0.25) is 0 Å². The molecule has 4 heteroatoms. The second-order valence-corrected chi connectivity index (χ2v) is 4.07. The highest BCUT2D eigenvalue weighted by molar-refractivity contribution is 6.30. The topological polar surface area (TPSA) is 26.0 Å². The van der Waals surface area contributed by atoms with E-state index in [2.05, 4.69) is 0 Å². The van der Waals surface area contributed by atoms with Crippen LogP contribution in [0.15, 0.2) is 36.4 Å². The molecule has 0 unspecified atom stereocenters. The molecule has 2 aromatic rings. The Morgan fingerprint density at radius 3 is 2.35 bits per heavy atom. The minimum atomic E-state index is -0.446. The molecular weight excluding hydrogens is 244 g/mol. The summed E-state index contributed by atoms with van der Waals surface area (Å²) in [5.41, 5.74) is 7.04. The lowest BCUT2D eigenvalue weighted by molar-refractivity contribution is 0.623. The predicted molar refractivity (Wildman–Crippen MR) is 64.7 cm³/mol. The average molecular weight is 254 g/mol. The molecule has 17 heavy (non-hydrogen) atoms. The first-order chi connectivity index (χ1) is 8.11. The van der Waals surface area contributed by atoms with E-state index < -0.39 is 5.82 Å². The molecule has 0 atom stereocenters. The predicted octanol–water partition coefficient (Wildman–Crippen LogP) is 3.74. The van der Waals surface area contributed by atoms with Gasteiger partial charge in [0.25, 0.3) is 0 Å². The minimum Gasteiger partial charge on any atom is -0.326 e. The van der Waals surface area contributed by atoms with Crippen molar-refractivity contribution in [2.75, 3.05) is 0 Å². The molecular formula is C13H10ClF2N. The fraction of sp³-hybridized carbons (Fsp3) is 0.0769. The number of nitrogens with two attached hydrogens (primary N) is 1. The zero-order chi connectivity index (χ0) is 12.4. The van der Waals surface area contributed by atoms with Gasteiger partial charge in [0.15, 0.2) is 0 Å². The molecule has 2 rings (SSSR count). The molecule has 0 aliphatic rings. The highest BCUT2D eigenvalue weighted by Crippen LogP contribution is 2.28. The van der Waals surface area contributed by atoms with Gasteiger partial charge in [0.05, 0.1) is 0 Å². The van der Waals surface area contributed by atoms with E-state index in [1.54, 1.807) is 12.1 Å². The smallest absolute Gasteiger partial charge is 0.132 e. The van der Waals surface area contributed by atoms with E-state index in [0.717, 1.165) is 0 Å². The van der Waals surface area contributed by atoms with Gasteiger partial charge in [-0.3, -0.25) is 0 Å². The van der Waals surface area contributed by atoms with Crippen molar-refractivity contribution >= 4 is 11.6 Å². The third kappa shape index (κ3) is 2.46. The largest absolute Gasteiger partial charge is 0.326 e. The normalized spacial score (nSPS) is 10.6. The number of halogens is 3. The van der Waals surface area contributed by atoms with Crippen LogP contribution in [0.3, 0.4) is 0 Å². The number of benzene rings is 2. The summed E-state index contributed by atoms with van der Waals surface area (Å²) < 4.78 is 26.8. The fourth-order valence-electron chi connectivity index (χ4n) is 1.70. The summed E-state index contributed by atoms with van der Waals surface area (Å²) in [4.78, 5) is 0. The van der Waals surface area contributed by atoms with Crippen molar-refractivity contribution in [3.8, 4) is 11.1 Å². The van der Waals surface area contributed by atoms with Crippen LogP contribution in [0.1, 0.15) is 5.56 Å². The summed E-state index contributed by atoms with van der Waals surface area (Å²) in [6.07, 6.45) is 0. The summed E-state index contributed by atoms with van der Waals surface area (Å²) >= 11 is 5.68. The van der Waals surface area contributed by atoms with Crippen molar-refractivity contribution in [2.24, 2.45) is 5.73 Å². The Balaban J connectivity index is 2.60. The van der Waals surface area contributed by atoms with Crippen LogP contribution >= 0.6 is 11.6 Å². The highest BCUT2D eigenvalue weighted by Gasteiger charge is 2.10. The highest BCUT2D eigenvalue weighted by atomic mass is 35.5. The molecule has 0 spiro atoms. The fourth-order valence-corrected chi connectivity index (χ4v) is 1.86. The van der Waals surface area contributed by atoms with Crippen LogP contribution in [0.5, 0.6) is 0 Å². The van der Waals surface area contributed by atoms with Crippen LogP contribution in [-0.4, -0.2) is 0 Å². The van der Waals surface area contributed by atoms with Crippen molar-refractivity contribution in [1.29, 1.82) is 0 Å². The van der Waals surface area contributed by atoms with Crippen LogP contribution < -0.4 is 5.73 Å². The van der Waals surface area contributed by atoms with Gasteiger partial charge in [-0.05, 0) is 41.5 Å². The molecule has 0 amide bonds. The number of hydrogen-bond donors (Lipinski definition) is 1. The molecule has 1 nitrogen and oxygen atoms in total. The number of hydrogen-bond acceptors (Lipinski definition) is 1. The number of rotatable bonds is 2. The van der Waals surface area contributed by atoms with Crippen LogP contribution in [0.2, 0.25) is 5.02 Å². The summed E-state index contributed by atoms with van der Waals surface area (Å²) in [5, 5.41) is 0.322. The maximum atomic E-state index is 13.7. The van der Waals surface area contributed by atoms with Gasteiger partial charge in [-0.2, -0.15) is 0 Å². The molecule has 0 radical (unpaired) electrons. The van der Waals surface area contributed by atoms with E-state index in [1.807, 2.05) is 0 Å². The average Bonchev–Trinajstić information content (AvgIpc) is 2.30. The van der Waals surface area contributed by atoms with E-state index in [9.17, 15) is 8.78 Å². The maximum Gasteiger partial charge on any atom is 0.132 e. The van der Waals surface area contributed by atoms with E-state index in [4.69, 9.17) is 17.3 Å². The molecule has 0 heterocycles. The van der Waals surface area contributed by atoms with E-state index >= 15 is 0 Å². The summed E-state index contributed by atoms with van der Waals surface area (Å²) in [6.45, 7) is 0.148. The first-order valence-electron chi connectivity index (χ1n) is 5.05. The maximum absolute atomic E-state index is 13.7. The van der Waals surface area contributed by atoms with Gasteiger partial charge in [-0.25, -0.2) is 8.78 Å². The zero-order valence-electron chi connectivity index (χ0n) is 8.88.